The lowest BCUT2D eigenvalue weighted by atomic mass is 10.3. The van der Waals surface area contributed by atoms with E-state index in [2.05, 4.69) is 0 Å². The van der Waals surface area contributed by atoms with E-state index in [4.69, 9.17) is 20.2 Å². The molecule has 2 heterocycles. The number of carbonyl (C=O) groups excluding carboxylic acids is 1. The van der Waals surface area contributed by atoms with Crippen LogP contribution in [0.25, 0.3) is 0 Å². The van der Waals surface area contributed by atoms with Crippen molar-refractivity contribution in [2.24, 2.45) is 0 Å². The van der Waals surface area contributed by atoms with Crippen molar-refractivity contribution >= 4 is 25.6 Å². The molecule has 0 radical (unpaired) electrons. The molecule has 0 aromatic carbocycles. The van der Waals surface area contributed by atoms with Gasteiger partial charge in [-0.25, -0.2) is 8.42 Å². The van der Waals surface area contributed by atoms with Crippen LogP contribution >= 0.6 is 10.7 Å². The molecule has 1 aromatic heterocycles. The zero-order valence-corrected chi connectivity index (χ0v) is 13.2. The topological polar surface area (TPSA) is 77.8 Å². The van der Waals surface area contributed by atoms with Crippen LogP contribution in [-0.4, -0.2) is 63.8 Å². The fraction of sp³-hybridized carbons (Fsp3) is 0.583. The van der Waals surface area contributed by atoms with Crippen LogP contribution in [0.3, 0.4) is 0 Å². The Labute approximate surface area is 127 Å². The van der Waals surface area contributed by atoms with Crippen molar-refractivity contribution in [2.45, 2.75) is 11.4 Å². The highest BCUT2D eigenvalue weighted by atomic mass is 35.7. The molecule has 2 rings (SSSR count). The summed E-state index contributed by atoms with van der Waals surface area (Å²) in [7, 11) is 3.01. The molecule has 0 atom stereocenters. The summed E-state index contributed by atoms with van der Waals surface area (Å²) in [6.07, 6.45) is 1.36. The highest BCUT2D eigenvalue weighted by molar-refractivity contribution is 8.13. The average Bonchev–Trinajstić information content (AvgIpc) is 2.89. The van der Waals surface area contributed by atoms with Crippen molar-refractivity contribution < 1.29 is 22.7 Å². The van der Waals surface area contributed by atoms with E-state index >= 15 is 0 Å². The van der Waals surface area contributed by atoms with Crippen LogP contribution in [0.5, 0.6) is 0 Å². The number of morpholine rings is 1. The Hall–Kier alpha value is -1.09. The maximum Gasteiger partial charge on any atom is 0.270 e. The van der Waals surface area contributed by atoms with Gasteiger partial charge in [0.2, 0.25) is 0 Å². The summed E-state index contributed by atoms with van der Waals surface area (Å²) in [5.41, 5.74) is 0.285. The summed E-state index contributed by atoms with van der Waals surface area (Å²) in [4.78, 5) is 14.0. The first-order valence-corrected chi connectivity index (χ1v) is 8.75. The zero-order chi connectivity index (χ0) is 15.5. The Morgan fingerprint density at radius 1 is 1.43 bits per heavy atom. The van der Waals surface area contributed by atoms with Crippen molar-refractivity contribution in [3.8, 4) is 0 Å². The van der Waals surface area contributed by atoms with E-state index in [9.17, 15) is 13.2 Å². The third-order valence-electron chi connectivity index (χ3n) is 3.21. The first-order valence-electron chi connectivity index (χ1n) is 6.44. The van der Waals surface area contributed by atoms with Gasteiger partial charge in [0.05, 0.1) is 19.8 Å². The molecular weight excluding hydrogens is 320 g/mol. The number of nitrogens with zero attached hydrogens (tertiary/aromatic N) is 2. The lowest BCUT2D eigenvalue weighted by Crippen LogP contribution is -2.41. The number of ether oxygens (including phenoxy) is 2. The molecule has 0 bridgehead atoms. The van der Waals surface area contributed by atoms with E-state index in [1.807, 2.05) is 0 Å². The second-order valence-corrected chi connectivity index (χ2v) is 7.16. The predicted octanol–water partition coefficient (Wildman–Crippen LogP) is 0.534. The molecule has 0 aliphatic carbocycles. The molecule has 1 amide bonds. The van der Waals surface area contributed by atoms with E-state index in [0.29, 0.717) is 39.5 Å². The quantitative estimate of drug-likeness (QED) is 0.733. The van der Waals surface area contributed by atoms with Crippen LogP contribution in [-0.2, 0) is 25.1 Å². The number of halogens is 1. The summed E-state index contributed by atoms with van der Waals surface area (Å²) in [6, 6.07) is 1.30. The van der Waals surface area contributed by atoms with Gasteiger partial charge in [-0.15, -0.1) is 0 Å². The van der Waals surface area contributed by atoms with Gasteiger partial charge in [0.15, 0.2) is 0 Å². The van der Waals surface area contributed by atoms with E-state index in [1.165, 1.54) is 19.4 Å². The fourth-order valence-corrected chi connectivity index (χ4v) is 2.86. The third kappa shape index (κ3) is 3.97. The van der Waals surface area contributed by atoms with Gasteiger partial charge in [-0.2, -0.15) is 0 Å². The minimum atomic E-state index is -3.88. The Kier molecular flexibility index (Phi) is 5.26. The van der Waals surface area contributed by atoms with Crippen molar-refractivity contribution in [3.05, 3.63) is 18.0 Å². The predicted molar refractivity (Wildman–Crippen MR) is 76.1 cm³/mol. The second-order valence-electron chi connectivity index (χ2n) is 4.59. The lowest BCUT2D eigenvalue weighted by Gasteiger charge is -2.27. The minimum absolute atomic E-state index is 0.0862. The number of aromatic nitrogens is 1. The van der Waals surface area contributed by atoms with Gasteiger partial charge in [0.25, 0.3) is 15.0 Å². The molecule has 1 aliphatic rings. The largest absolute Gasteiger partial charge is 0.383 e. The summed E-state index contributed by atoms with van der Waals surface area (Å²) >= 11 is 0. The van der Waals surface area contributed by atoms with E-state index in [1.54, 1.807) is 9.47 Å². The van der Waals surface area contributed by atoms with Crippen molar-refractivity contribution in [3.63, 3.8) is 0 Å². The molecule has 1 fully saturated rings. The number of hydrogen-bond donors (Lipinski definition) is 0. The molecule has 21 heavy (non-hydrogen) atoms. The van der Waals surface area contributed by atoms with Gasteiger partial charge in [-0.1, -0.05) is 0 Å². The molecule has 1 aliphatic heterocycles. The molecule has 9 heteroatoms. The van der Waals surface area contributed by atoms with Crippen molar-refractivity contribution in [2.75, 3.05) is 40.0 Å². The van der Waals surface area contributed by atoms with E-state index < -0.39 is 9.05 Å². The summed E-state index contributed by atoms with van der Waals surface area (Å²) in [5.74, 6) is -0.235. The number of hydrogen-bond acceptors (Lipinski definition) is 5. The van der Waals surface area contributed by atoms with Gasteiger partial charge in [-0.05, 0) is 6.07 Å². The Balaban J connectivity index is 2.30. The number of methoxy groups -OCH3 is 1. The smallest absolute Gasteiger partial charge is 0.270 e. The lowest BCUT2D eigenvalue weighted by molar-refractivity contribution is 0.0295. The monoisotopic (exact) mass is 336 g/mol. The zero-order valence-electron chi connectivity index (χ0n) is 11.6. The van der Waals surface area contributed by atoms with Crippen molar-refractivity contribution in [1.82, 2.24) is 9.47 Å². The summed E-state index contributed by atoms with van der Waals surface area (Å²) in [6.45, 7) is 2.65. The van der Waals surface area contributed by atoms with Gasteiger partial charge in [0, 0.05) is 43.6 Å². The third-order valence-corrected chi connectivity index (χ3v) is 4.53. The molecule has 0 N–H and O–H groups in total. The van der Waals surface area contributed by atoms with Crippen LogP contribution in [0.15, 0.2) is 17.2 Å². The molecule has 1 aromatic rings. The standard InChI is InChI=1S/C12H17ClN2O5S/c1-19-5-2-15-9-10(21(13,17)18)8-11(15)12(16)14-3-6-20-7-4-14/h8-9H,2-7H2,1H3. The fourth-order valence-electron chi connectivity index (χ4n) is 2.10. The van der Waals surface area contributed by atoms with Gasteiger partial charge >= 0.3 is 0 Å². The Morgan fingerprint density at radius 2 is 2.10 bits per heavy atom. The van der Waals surface area contributed by atoms with E-state index in [-0.39, 0.29) is 16.5 Å². The molecule has 7 nitrogen and oxygen atoms in total. The number of carbonyl (C=O) groups is 1. The maximum atomic E-state index is 12.5. The highest BCUT2D eigenvalue weighted by Crippen LogP contribution is 2.20. The van der Waals surface area contributed by atoms with Crippen LogP contribution < -0.4 is 0 Å². The summed E-state index contributed by atoms with van der Waals surface area (Å²) < 4.78 is 34.6. The first-order chi connectivity index (χ1) is 9.93. The van der Waals surface area contributed by atoms with Crippen LogP contribution in [0, 0.1) is 0 Å². The molecular formula is C12H17ClN2O5S. The minimum Gasteiger partial charge on any atom is -0.383 e. The molecule has 1 saturated heterocycles. The average molecular weight is 337 g/mol. The van der Waals surface area contributed by atoms with E-state index in [0.717, 1.165) is 0 Å². The number of rotatable bonds is 5. The Morgan fingerprint density at radius 3 is 2.67 bits per heavy atom. The van der Waals surface area contributed by atoms with Crippen LogP contribution in [0.2, 0.25) is 0 Å². The molecule has 0 saturated carbocycles. The van der Waals surface area contributed by atoms with Gasteiger partial charge in [-0.3, -0.25) is 4.79 Å². The molecule has 0 spiro atoms. The van der Waals surface area contributed by atoms with Crippen LogP contribution in [0.1, 0.15) is 10.5 Å². The maximum absolute atomic E-state index is 12.5. The second kappa shape index (κ2) is 6.78. The first kappa shape index (κ1) is 16.3. The highest BCUT2D eigenvalue weighted by Gasteiger charge is 2.24. The summed E-state index contributed by atoms with van der Waals surface area (Å²) in [5, 5.41) is 0. The SMILES string of the molecule is COCCn1cc(S(=O)(=O)Cl)cc1C(=O)N1CCOCC1. The molecule has 118 valence electrons. The molecule has 0 unspecified atom stereocenters. The van der Waals surface area contributed by atoms with Crippen molar-refractivity contribution in [1.29, 1.82) is 0 Å². The van der Waals surface area contributed by atoms with Gasteiger partial charge in [0.1, 0.15) is 10.6 Å². The Bertz CT molecular complexity index is 607. The van der Waals surface area contributed by atoms with Crippen LogP contribution in [0.4, 0.5) is 0 Å². The normalized spacial score (nSPS) is 16.2. The number of amides is 1. The van der Waals surface area contributed by atoms with Gasteiger partial charge < -0.3 is 18.9 Å².